The van der Waals surface area contributed by atoms with Crippen LogP contribution in [0.25, 0.3) is 0 Å². The lowest BCUT2D eigenvalue weighted by atomic mass is 10.0. The van der Waals surface area contributed by atoms with Crippen LogP contribution in [0.2, 0.25) is 0 Å². The van der Waals surface area contributed by atoms with E-state index in [1.807, 2.05) is 0 Å². The van der Waals surface area contributed by atoms with Gasteiger partial charge in [-0.05, 0) is 122 Å². The fourth-order valence-electron chi connectivity index (χ4n) is 10.6. The van der Waals surface area contributed by atoms with Crippen LogP contribution in [0, 0.1) is 0 Å². The summed E-state index contributed by atoms with van der Waals surface area (Å²) in [7, 11) is -9.95. The highest BCUT2D eigenvalue weighted by molar-refractivity contribution is 7.47. The molecular formula is C79H142O17P2. The zero-order chi connectivity index (χ0) is 71.8. The van der Waals surface area contributed by atoms with E-state index in [2.05, 4.69) is 101 Å². The Bertz CT molecular complexity index is 2140. The Labute approximate surface area is 596 Å². The molecule has 0 radical (unpaired) electrons. The molecule has 0 aliphatic carbocycles. The van der Waals surface area contributed by atoms with Crippen LogP contribution in [0.4, 0.5) is 0 Å². The minimum absolute atomic E-state index is 0.0782. The third-order valence-electron chi connectivity index (χ3n) is 16.6. The second kappa shape index (κ2) is 71.9. The summed E-state index contributed by atoms with van der Waals surface area (Å²) in [6, 6.07) is 0. The molecule has 0 saturated heterocycles. The Morgan fingerprint density at radius 1 is 0.286 bits per heavy atom. The summed E-state index contributed by atoms with van der Waals surface area (Å²) in [6.45, 7) is 4.80. The molecule has 0 spiro atoms. The summed E-state index contributed by atoms with van der Waals surface area (Å²) < 4.78 is 68.5. The molecule has 0 aromatic heterocycles. The molecule has 0 bridgehead atoms. The number of unbranched alkanes of at least 4 members (excludes halogenated alkanes) is 36. The minimum atomic E-state index is -4.98. The average Bonchev–Trinajstić information content (AvgIpc) is 1.04. The fraction of sp³-hybridized carbons (Fsp3) is 0.797. The van der Waals surface area contributed by atoms with E-state index in [1.165, 1.54) is 109 Å². The molecule has 0 aliphatic heterocycles. The zero-order valence-electron chi connectivity index (χ0n) is 62.2. The molecule has 0 saturated carbocycles. The maximum Gasteiger partial charge on any atom is 0.472 e. The molecule has 17 nitrogen and oxygen atoms in total. The summed E-state index contributed by atoms with van der Waals surface area (Å²) >= 11 is 0. The van der Waals surface area contributed by atoms with Gasteiger partial charge < -0.3 is 33.8 Å². The van der Waals surface area contributed by atoms with Crippen molar-refractivity contribution >= 4 is 39.5 Å². The van der Waals surface area contributed by atoms with Crippen LogP contribution in [0.15, 0.2) is 72.9 Å². The van der Waals surface area contributed by atoms with Crippen LogP contribution in [0.1, 0.15) is 349 Å². The monoisotopic (exact) mass is 1420 g/mol. The highest BCUT2D eigenvalue weighted by atomic mass is 31.2. The lowest BCUT2D eigenvalue weighted by molar-refractivity contribution is -0.161. The van der Waals surface area contributed by atoms with Crippen molar-refractivity contribution < 1.29 is 80.2 Å². The summed E-state index contributed by atoms with van der Waals surface area (Å²) in [5.41, 5.74) is 0. The molecule has 570 valence electrons. The number of allylic oxidation sites excluding steroid dienone is 12. The molecule has 0 aliphatic rings. The normalized spacial score (nSPS) is 14.3. The lowest BCUT2D eigenvalue weighted by Crippen LogP contribution is -2.30. The van der Waals surface area contributed by atoms with Crippen molar-refractivity contribution in [3.05, 3.63) is 72.9 Å². The third-order valence-corrected chi connectivity index (χ3v) is 18.5. The molecule has 2 unspecified atom stereocenters. The minimum Gasteiger partial charge on any atom is -0.462 e. The van der Waals surface area contributed by atoms with Gasteiger partial charge in [0.25, 0.3) is 0 Å². The number of aliphatic hydroxyl groups is 1. The first-order valence-electron chi connectivity index (χ1n) is 39.2. The number of carbonyl (C=O) groups excluding carboxylic acids is 4. The van der Waals surface area contributed by atoms with Gasteiger partial charge in [-0.3, -0.25) is 37.3 Å². The Balaban J connectivity index is 5.36. The number of aliphatic hydroxyl groups excluding tert-OH is 1. The SMILES string of the molecule is CCCCC/C=C\C/C=C\CCCCCCCC(=O)OC[C@H](COP(=O)(O)OC[C@@H](O)COP(=O)(O)OC[C@@H](COC(=O)CCCCCCC/C=C\C/C=C\CCCCC)OC(=O)CCCCCCCCCCCCCCC)OC(=O)CCCCCCC/C=C\C/C=C\CCCCC. The molecule has 0 fully saturated rings. The van der Waals surface area contributed by atoms with Crippen LogP contribution in [0.3, 0.4) is 0 Å². The highest BCUT2D eigenvalue weighted by Crippen LogP contribution is 2.45. The van der Waals surface area contributed by atoms with Gasteiger partial charge in [0.15, 0.2) is 12.2 Å². The van der Waals surface area contributed by atoms with Crippen LogP contribution < -0.4 is 0 Å². The van der Waals surface area contributed by atoms with Crippen molar-refractivity contribution in [2.24, 2.45) is 0 Å². The van der Waals surface area contributed by atoms with Gasteiger partial charge in [-0.15, -0.1) is 0 Å². The summed E-state index contributed by atoms with van der Waals surface area (Å²) in [6.07, 6.45) is 71.6. The summed E-state index contributed by atoms with van der Waals surface area (Å²) in [5, 5.41) is 10.6. The second-order valence-corrected chi connectivity index (χ2v) is 29.2. The molecule has 19 heteroatoms. The maximum absolute atomic E-state index is 13.1. The van der Waals surface area contributed by atoms with E-state index < -0.39 is 97.5 Å². The van der Waals surface area contributed by atoms with Gasteiger partial charge in [0.05, 0.1) is 26.4 Å². The van der Waals surface area contributed by atoms with Gasteiger partial charge >= 0.3 is 39.5 Å². The van der Waals surface area contributed by atoms with E-state index in [0.29, 0.717) is 25.7 Å². The Morgan fingerprint density at radius 3 is 0.776 bits per heavy atom. The van der Waals surface area contributed by atoms with Crippen LogP contribution in [-0.4, -0.2) is 96.7 Å². The standard InChI is InChI=1S/C79H142O17P2/c1-5-9-13-17-21-25-29-33-36-40-43-47-51-55-59-63-76(81)89-69-74(95-78(83)65-61-57-53-49-45-39-32-28-24-20-16-12-8-4)71-93-97(85,86)91-67-73(80)68-92-98(87,88)94-72-75(96-79(84)66-62-58-54-50-46-42-38-35-31-27-23-19-15-11-7-3)70-90-77(82)64-60-56-52-48-44-41-37-34-30-26-22-18-14-10-6-2/h21-23,25-27,33-38,73-75,80H,5-20,24,28-32,39-72H2,1-4H3,(H,85,86)(H,87,88)/b25-21-,26-22-,27-23-,36-33-,37-34-,38-35-/t73-,74+,75+/m0/s1. The predicted octanol–water partition coefficient (Wildman–Crippen LogP) is 22.4. The van der Waals surface area contributed by atoms with Crippen molar-refractivity contribution in [2.45, 2.75) is 367 Å². The van der Waals surface area contributed by atoms with E-state index in [9.17, 15) is 43.2 Å². The molecule has 5 atom stereocenters. The maximum atomic E-state index is 13.1. The predicted molar refractivity (Wildman–Crippen MR) is 400 cm³/mol. The molecule has 0 aromatic rings. The lowest BCUT2D eigenvalue weighted by Gasteiger charge is -2.21. The first-order valence-corrected chi connectivity index (χ1v) is 42.2. The number of hydrogen-bond acceptors (Lipinski definition) is 15. The zero-order valence-corrected chi connectivity index (χ0v) is 64.0. The Hall–Kier alpha value is -3.50. The highest BCUT2D eigenvalue weighted by Gasteiger charge is 2.30. The number of esters is 4. The molecular weight excluding hydrogens is 1280 g/mol. The van der Waals surface area contributed by atoms with E-state index in [4.69, 9.17) is 37.0 Å². The van der Waals surface area contributed by atoms with Gasteiger partial charge in [-0.1, -0.05) is 274 Å². The topological polar surface area (TPSA) is 237 Å². The molecule has 0 heterocycles. The number of phosphoric ester groups is 2. The molecule has 0 aromatic carbocycles. The van der Waals surface area contributed by atoms with E-state index >= 15 is 0 Å². The van der Waals surface area contributed by atoms with Crippen molar-refractivity contribution in [3.63, 3.8) is 0 Å². The third kappa shape index (κ3) is 70.9. The van der Waals surface area contributed by atoms with Gasteiger partial charge in [0.2, 0.25) is 0 Å². The quantitative estimate of drug-likeness (QED) is 0.0169. The van der Waals surface area contributed by atoms with Gasteiger partial charge in [0.1, 0.15) is 19.3 Å². The molecule has 0 rings (SSSR count). The van der Waals surface area contributed by atoms with Crippen molar-refractivity contribution in [1.82, 2.24) is 0 Å². The van der Waals surface area contributed by atoms with Crippen LogP contribution in [-0.2, 0) is 65.4 Å². The molecule has 0 amide bonds. The smallest absolute Gasteiger partial charge is 0.462 e. The number of ether oxygens (including phenoxy) is 4. The van der Waals surface area contributed by atoms with Crippen molar-refractivity contribution in [3.8, 4) is 0 Å². The van der Waals surface area contributed by atoms with Gasteiger partial charge in [-0.2, -0.15) is 0 Å². The Morgan fingerprint density at radius 2 is 0.500 bits per heavy atom. The van der Waals surface area contributed by atoms with Crippen LogP contribution in [0.5, 0.6) is 0 Å². The Kier molecular flexibility index (Phi) is 69.3. The number of phosphoric acid groups is 2. The second-order valence-electron chi connectivity index (χ2n) is 26.3. The van der Waals surface area contributed by atoms with Gasteiger partial charge in [-0.25, -0.2) is 9.13 Å². The summed E-state index contributed by atoms with van der Waals surface area (Å²) in [5.74, 6) is -2.19. The largest absolute Gasteiger partial charge is 0.472 e. The number of hydrogen-bond donors (Lipinski definition) is 3. The number of rotatable bonds is 74. The summed E-state index contributed by atoms with van der Waals surface area (Å²) in [4.78, 5) is 72.9. The molecule has 98 heavy (non-hydrogen) atoms. The first-order chi connectivity index (χ1) is 47.7. The fourth-order valence-corrected chi connectivity index (χ4v) is 12.2. The first kappa shape index (κ1) is 94.5. The van der Waals surface area contributed by atoms with Crippen LogP contribution >= 0.6 is 15.6 Å². The van der Waals surface area contributed by atoms with Crippen molar-refractivity contribution in [1.29, 1.82) is 0 Å². The van der Waals surface area contributed by atoms with E-state index in [1.54, 1.807) is 0 Å². The average molecular weight is 1430 g/mol. The number of carbonyl (C=O) groups is 4. The molecule has 3 N–H and O–H groups in total. The van der Waals surface area contributed by atoms with E-state index in [0.717, 1.165) is 161 Å². The van der Waals surface area contributed by atoms with Gasteiger partial charge in [0, 0.05) is 25.7 Å². The van der Waals surface area contributed by atoms with Crippen molar-refractivity contribution in [2.75, 3.05) is 39.6 Å². The van der Waals surface area contributed by atoms with E-state index in [-0.39, 0.29) is 25.7 Å².